The van der Waals surface area contributed by atoms with Crippen LogP contribution in [0, 0.1) is 0 Å². The van der Waals surface area contributed by atoms with Gasteiger partial charge in [0.2, 0.25) is 0 Å². The Hall–Kier alpha value is -2.82. The first-order valence-corrected chi connectivity index (χ1v) is 7.60. The third kappa shape index (κ3) is 2.65. The summed E-state index contributed by atoms with van der Waals surface area (Å²) in [5, 5.41) is 0.443. The highest BCUT2D eigenvalue weighted by Crippen LogP contribution is 2.24. The van der Waals surface area contributed by atoms with Crippen LogP contribution in [0.1, 0.15) is 18.9 Å². The summed E-state index contributed by atoms with van der Waals surface area (Å²) in [6, 6.07) is 13.2. The minimum absolute atomic E-state index is 0.290. The Kier molecular flexibility index (Phi) is 4.02. The molecule has 0 radical (unpaired) electrons. The molecule has 5 heteroatoms. The predicted molar refractivity (Wildman–Crippen MR) is 92.1 cm³/mol. The second-order valence-electron chi connectivity index (χ2n) is 5.41. The zero-order valence-electron chi connectivity index (χ0n) is 13.2. The van der Waals surface area contributed by atoms with Crippen molar-refractivity contribution in [1.82, 2.24) is 9.66 Å². The molecule has 5 nitrogen and oxygen atoms in total. The van der Waals surface area contributed by atoms with Crippen LogP contribution in [-0.4, -0.2) is 16.8 Å². The first-order chi connectivity index (χ1) is 11.2. The molecule has 1 heterocycles. The van der Waals surface area contributed by atoms with Crippen LogP contribution in [-0.2, 0) is 6.42 Å². The number of aryl methyl sites for hydroxylation is 1. The second kappa shape index (κ2) is 6.12. The summed E-state index contributed by atoms with van der Waals surface area (Å²) in [7, 11) is 1.56. The van der Waals surface area contributed by atoms with Crippen LogP contribution in [0.2, 0.25) is 0 Å². The van der Waals surface area contributed by atoms with Gasteiger partial charge in [-0.05, 0) is 24.1 Å². The van der Waals surface area contributed by atoms with Crippen LogP contribution < -0.4 is 16.1 Å². The molecular weight excluding hydrogens is 290 g/mol. The quantitative estimate of drug-likeness (QED) is 0.752. The number of nitrogen functional groups attached to an aromatic ring is 1. The lowest BCUT2D eigenvalue weighted by molar-refractivity contribution is 0.419. The topological polar surface area (TPSA) is 70.1 Å². The van der Waals surface area contributed by atoms with Gasteiger partial charge in [0.05, 0.1) is 12.5 Å². The van der Waals surface area contributed by atoms with Crippen LogP contribution >= 0.6 is 0 Å². The maximum Gasteiger partial charge on any atom is 0.280 e. The SMILES string of the molecule is CCCc1ccc(-c2nc3c(OC)cccc3c(=O)n2N)cc1. The van der Waals surface area contributed by atoms with Crippen molar-refractivity contribution in [2.75, 3.05) is 13.0 Å². The largest absolute Gasteiger partial charge is 0.494 e. The minimum atomic E-state index is -0.290. The lowest BCUT2D eigenvalue weighted by atomic mass is 10.1. The Bertz CT molecular complexity index is 899. The van der Waals surface area contributed by atoms with Gasteiger partial charge in [-0.25, -0.2) is 9.66 Å². The van der Waals surface area contributed by atoms with Crippen molar-refractivity contribution in [2.45, 2.75) is 19.8 Å². The molecule has 0 aliphatic heterocycles. The highest BCUT2D eigenvalue weighted by Gasteiger charge is 2.13. The molecule has 0 aliphatic carbocycles. The Morgan fingerprint density at radius 3 is 2.57 bits per heavy atom. The smallest absolute Gasteiger partial charge is 0.280 e. The summed E-state index contributed by atoms with van der Waals surface area (Å²) in [5.74, 6) is 6.96. The van der Waals surface area contributed by atoms with Crippen LogP contribution in [0.4, 0.5) is 0 Å². The van der Waals surface area contributed by atoms with Crippen molar-refractivity contribution < 1.29 is 4.74 Å². The van der Waals surface area contributed by atoms with Gasteiger partial charge < -0.3 is 10.6 Å². The monoisotopic (exact) mass is 309 g/mol. The molecule has 0 fully saturated rings. The molecule has 0 amide bonds. The van der Waals surface area contributed by atoms with E-state index in [4.69, 9.17) is 10.6 Å². The number of methoxy groups -OCH3 is 1. The number of rotatable bonds is 4. The van der Waals surface area contributed by atoms with Gasteiger partial charge in [0.1, 0.15) is 11.3 Å². The van der Waals surface area contributed by atoms with Crippen molar-refractivity contribution in [3.8, 4) is 17.1 Å². The average molecular weight is 309 g/mol. The lowest BCUT2D eigenvalue weighted by Gasteiger charge is -2.11. The molecule has 23 heavy (non-hydrogen) atoms. The summed E-state index contributed by atoms with van der Waals surface area (Å²) < 4.78 is 6.41. The fourth-order valence-electron chi connectivity index (χ4n) is 2.67. The van der Waals surface area contributed by atoms with Gasteiger partial charge in [0.15, 0.2) is 5.82 Å². The van der Waals surface area contributed by atoms with E-state index in [0.29, 0.717) is 22.5 Å². The molecule has 0 saturated carbocycles. The number of para-hydroxylation sites is 1. The minimum Gasteiger partial charge on any atom is -0.494 e. The number of ether oxygens (including phenoxy) is 1. The first kappa shape index (κ1) is 15.1. The Morgan fingerprint density at radius 1 is 1.17 bits per heavy atom. The van der Waals surface area contributed by atoms with Crippen molar-refractivity contribution in [1.29, 1.82) is 0 Å². The zero-order chi connectivity index (χ0) is 16.4. The molecule has 0 saturated heterocycles. The fourth-order valence-corrected chi connectivity index (χ4v) is 2.67. The van der Waals surface area contributed by atoms with E-state index in [1.54, 1.807) is 25.3 Å². The molecule has 0 atom stereocenters. The maximum absolute atomic E-state index is 12.5. The van der Waals surface area contributed by atoms with Crippen LogP contribution in [0.3, 0.4) is 0 Å². The van der Waals surface area contributed by atoms with E-state index in [2.05, 4.69) is 11.9 Å². The Morgan fingerprint density at radius 2 is 1.91 bits per heavy atom. The fraction of sp³-hybridized carbons (Fsp3) is 0.222. The standard InChI is InChI=1S/C18H19N3O2/c1-3-5-12-8-10-13(11-9-12)17-20-16-14(18(22)21(17)19)6-4-7-15(16)23-2/h4,6-11H,3,5,19H2,1-2H3. The van der Waals surface area contributed by atoms with E-state index in [9.17, 15) is 4.79 Å². The number of aromatic nitrogens is 2. The van der Waals surface area contributed by atoms with E-state index in [1.807, 2.05) is 24.3 Å². The van der Waals surface area contributed by atoms with Gasteiger partial charge in [-0.3, -0.25) is 4.79 Å². The van der Waals surface area contributed by atoms with E-state index < -0.39 is 0 Å². The predicted octanol–water partition coefficient (Wildman–Crippen LogP) is 2.74. The summed E-state index contributed by atoms with van der Waals surface area (Å²) in [6.07, 6.45) is 2.11. The van der Waals surface area contributed by atoms with E-state index in [0.717, 1.165) is 23.1 Å². The molecule has 0 unspecified atom stereocenters. The summed E-state index contributed by atoms with van der Waals surface area (Å²) in [6.45, 7) is 2.14. The summed E-state index contributed by atoms with van der Waals surface area (Å²) in [5.41, 5.74) is 2.29. The number of hydrogen-bond donors (Lipinski definition) is 1. The van der Waals surface area contributed by atoms with E-state index in [-0.39, 0.29) is 5.56 Å². The van der Waals surface area contributed by atoms with Crippen molar-refractivity contribution >= 4 is 10.9 Å². The van der Waals surface area contributed by atoms with Crippen molar-refractivity contribution in [2.24, 2.45) is 0 Å². The van der Waals surface area contributed by atoms with Crippen molar-refractivity contribution in [3.63, 3.8) is 0 Å². The molecule has 3 aromatic rings. The van der Waals surface area contributed by atoms with Gasteiger partial charge in [-0.15, -0.1) is 0 Å². The van der Waals surface area contributed by atoms with Gasteiger partial charge >= 0.3 is 0 Å². The Labute approximate surface area is 134 Å². The molecule has 2 aromatic carbocycles. The van der Waals surface area contributed by atoms with E-state index in [1.165, 1.54) is 5.56 Å². The number of benzene rings is 2. The molecule has 0 bridgehead atoms. The number of hydrogen-bond acceptors (Lipinski definition) is 4. The molecule has 0 aliphatic rings. The van der Waals surface area contributed by atoms with Gasteiger partial charge in [-0.2, -0.15) is 0 Å². The molecule has 1 aromatic heterocycles. The van der Waals surface area contributed by atoms with Gasteiger partial charge in [0.25, 0.3) is 5.56 Å². The second-order valence-corrected chi connectivity index (χ2v) is 5.41. The summed E-state index contributed by atoms with van der Waals surface area (Å²) >= 11 is 0. The molecule has 118 valence electrons. The third-order valence-electron chi connectivity index (χ3n) is 3.86. The van der Waals surface area contributed by atoms with Crippen LogP contribution in [0.5, 0.6) is 5.75 Å². The highest BCUT2D eigenvalue weighted by molar-refractivity contribution is 5.85. The molecule has 2 N–H and O–H groups in total. The lowest BCUT2D eigenvalue weighted by Crippen LogP contribution is -2.30. The average Bonchev–Trinajstić information content (AvgIpc) is 2.58. The Balaban J connectivity index is 2.21. The van der Waals surface area contributed by atoms with Gasteiger partial charge in [-0.1, -0.05) is 43.7 Å². The van der Waals surface area contributed by atoms with Gasteiger partial charge in [0, 0.05) is 5.56 Å². The number of fused-ring (bicyclic) bond motifs is 1. The number of nitrogens with two attached hydrogens (primary N) is 1. The first-order valence-electron chi connectivity index (χ1n) is 7.60. The summed E-state index contributed by atoms with van der Waals surface area (Å²) in [4.78, 5) is 17.1. The maximum atomic E-state index is 12.5. The zero-order valence-corrected chi connectivity index (χ0v) is 13.2. The molecular formula is C18H19N3O2. The van der Waals surface area contributed by atoms with E-state index >= 15 is 0 Å². The third-order valence-corrected chi connectivity index (χ3v) is 3.86. The van der Waals surface area contributed by atoms with Crippen LogP contribution in [0.25, 0.3) is 22.3 Å². The van der Waals surface area contributed by atoms with Crippen molar-refractivity contribution in [3.05, 3.63) is 58.4 Å². The molecule has 3 rings (SSSR count). The normalized spacial score (nSPS) is 10.9. The molecule has 0 spiro atoms. The highest BCUT2D eigenvalue weighted by atomic mass is 16.5. The van der Waals surface area contributed by atoms with Crippen LogP contribution in [0.15, 0.2) is 47.3 Å². The number of nitrogens with zero attached hydrogens (tertiary/aromatic N) is 2.